The molecular weight excluding hydrogens is 350 g/mol. The Morgan fingerprint density at radius 1 is 0.929 bits per heavy atom. The zero-order valence-electron chi connectivity index (χ0n) is 16.3. The summed E-state index contributed by atoms with van der Waals surface area (Å²) in [5.41, 5.74) is 2.86. The molecule has 1 aliphatic heterocycles. The molecule has 2 amide bonds. The second kappa shape index (κ2) is 5.40. The Morgan fingerprint density at radius 3 is 1.96 bits per heavy atom. The maximum Gasteiger partial charge on any atom is 0.234 e. The standard InChI is InChI=1S/C24H23NO3/c1-23(2,3)25-21(27)19-18-14-8-4-6-10-16(14)24(12-13-26,20(19)22(25)28)17-11-7-5-9-15(17)18/h4-11,13,18-20H,12H2,1-3H3. The van der Waals surface area contributed by atoms with E-state index in [4.69, 9.17) is 0 Å². The van der Waals surface area contributed by atoms with E-state index in [-0.39, 0.29) is 24.2 Å². The van der Waals surface area contributed by atoms with E-state index in [1.54, 1.807) is 0 Å². The summed E-state index contributed by atoms with van der Waals surface area (Å²) in [5.74, 6) is -1.37. The number of carbonyl (C=O) groups is 3. The number of imide groups is 1. The highest BCUT2D eigenvalue weighted by Crippen LogP contribution is 2.65. The minimum atomic E-state index is -0.777. The molecule has 2 bridgehead atoms. The van der Waals surface area contributed by atoms with Crippen molar-refractivity contribution >= 4 is 18.1 Å². The molecule has 1 fully saturated rings. The molecule has 2 aromatic rings. The first kappa shape index (κ1) is 17.4. The molecule has 2 unspecified atom stereocenters. The Kier molecular flexibility index (Phi) is 3.35. The quantitative estimate of drug-likeness (QED) is 0.599. The van der Waals surface area contributed by atoms with Crippen molar-refractivity contribution in [1.29, 1.82) is 0 Å². The van der Waals surface area contributed by atoms with Crippen LogP contribution in [0.1, 0.15) is 55.4 Å². The number of aldehydes is 1. The van der Waals surface area contributed by atoms with E-state index in [1.807, 2.05) is 57.2 Å². The van der Waals surface area contributed by atoms with E-state index in [0.29, 0.717) is 0 Å². The minimum Gasteiger partial charge on any atom is -0.303 e. The van der Waals surface area contributed by atoms with Gasteiger partial charge in [0.05, 0.1) is 11.8 Å². The van der Waals surface area contributed by atoms with E-state index in [1.165, 1.54) is 4.90 Å². The number of hydrogen-bond acceptors (Lipinski definition) is 3. The van der Waals surface area contributed by atoms with Crippen molar-refractivity contribution in [2.24, 2.45) is 11.8 Å². The van der Waals surface area contributed by atoms with Crippen LogP contribution in [-0.4, -0.2) is 28.5 Å². The molecule has 28 heavy (non-hydrogen) atoms. The number of rotatable bonds is 2. The van der Waals surface area contributed by atoms with Crippen LogP contribution in [0.5, 0.6) is 0 Å². The lowest BCUT2D eigenvalue weighted by molar-refractivity contribution is -0.145. The van der Waals surface area contributed by atoms with Crippen LogP contribution in [0.15, 0.2) is 48.5 Å². The summed E-state index contributed by atoms with van der Waals surface area (Å²) in [5, 5.41) is 0. The van der Waals surface area contributed by atoms with Gasteiger partial charge < -0.3 is 4.79 Å². The molecule has 2 aromatic carbocycles. The monoisotopic (exact) mass is 373 g/mol. The smallest absolute Gasteiger partial charge is 0.234 e. The predicted molar refractivity (Wildman–Crippen MR) is 105 cm³/mol. The first-order valence-corrected chi connectivity index (χ1v) is 9.84. The third kappa shape index (κ3) is 1.83. The SMILES string of the molecule is CC(C)(C)N1C(=O)C2C3c4ccccc4C(CC=O)(c4ccccc43)C2C1=O. The number of likely N-dealkylation sites (tertiary alicyclic amines) is 1. The van der Waals surface area contributed by atoms with E-state index < -0.39 is 22.8 Å². The summed E-state index contributed by atoms with van der Waals surface area (Å²) >= 11 is 0. The highest BCUT2D eigenvalue weighted by molar-refractivity contribution is 6.09. The number of hydrogen-bond donors (Lipinski definition) is 0. The number of amides is 2. The third-order valence-electron chi connectivity index (χ3n) is 6.87. The van der Waals surface area contributed by atoms with E-state index in [9.17, 15) is 14.4 Å². The predicted octanol–water partition coefficient (Wildman–Crippen LogP) is 3.42. The molecule has 4 heteroatoms. The van der Waals surface area contributed by atoms with Gasteiger partial charge in [-0.25, -0.2) is 0 Å². The largest absolute Gasteiger partial charge is 0.303 e. The fourth-order valence-corrected chi connectivity index (χ4v) is 6.07. The van der Waals surface area contributed by atoms with Gasteiger partial charge in [0.25, 0.3) is 0 Å². The number of nitrogens with zero attached hydrogens (tertiary/aromatic N) is 1. The van der Waals surface area contributed by atoms with Crippen LogP contribution < -0.4 is 0 Å². The molecule has 3 aliphatic carbocycles. The Labute approximate surface area is 164 Å². The molecular formula is C24H23NO3. The van der Waals surface area contributed by atoms with E-state index >= 15 is 0 Å². The summed E-state index contributed by atoms with van der Waals surface area (Å²) in [6, 6.07) is 16.1. The molecule has 4 aliphatic rings. The van der Waals surface area contributed by atoms with Crippen LogP contribution >= 0.6 is 0 Å². The molecule has 0 spiro atoms. The summed E-state index contributed by atoms with van der Waals surface area (Å²) in [6.07, 6.45) is 1.11. The van der Waals surface area contributed by atoms with E-state index in [0.717, 1.165) is 28.5 Å². The average Bonchev–Trinajstić information content (AvgIpc) is 2.94. The van der Waals surface area contributed by atoms with Gasteiger partial charge in [0.1, 0.15) is 6.29 Å². The third-order valence-corrected chi connectivity index (χ3v) is 6.87. The van der Waals surface area contributed by atoms with Crippen molar-refractivity contribution in [3.63, 3.8) is 0 Å². The second-order valence-corrected chi connectivity index (χ2v) is 9.18. The lowest BCUT2D eigenvalue weighted by atomic mass is 9.46. The Balaban J connectivity index is 1.88. The van der Waals surface area contributed by atoms with Gasteiger partial charge in [-0.05, 0) is 43.0 Å². The zero-order valence-corrected chi connectivity index (χ0v) is 16.3. The first-order valence-electron chi connectivity index (χ1n) is 9.84. The maximum absolute atomic E-state index is 13.7. The van der Waals surface area contributed by atoms with Gasteiger partial charge in [-0.1, -0.05) is 48.5 Å². The lowest BCUT2D eigenvalue weighted by Crippen LogP contribution is -2.54. The molecule has 2 atom stereocenters. The minimum absolute atomic E-state index is 0.105. The van der Waals surface area contributed by atoms with Gasteiger partial charge >= 0.3 is 0 Å². The Bertz CT molecular complexity index is 985. The Hall–Kier alpha value is -2.75. The summed E-state index contributed by atoms with van der Waals surface area (Å²) in [6.45, 7) is 5.69. The first-order chi connectivity index (χ1) is 13.3. The fourth-order valence-electron chi connectivity index (χ4n) is 6.07. The molecule has 1 saturated heterocycles. The van der Waals surface area contributed by atoms with E-state index in [2.05, 4.69) is 12.1 Å². The molecule has 0 N–H and O–H groups in total. The molecule has 0 saturated carbocycles. The topological polar surface area (TPSA) is 54.5 Å². The molecule has 6 rings (SSSR count). The van der Waals surface area contributed by atoms with Gasteiger partial charge in [0.15, 0.2) is 0 Å². The van der Waals surface area contributed by atoms with Crippen LogP contribution in [0.3, 0.4) is 0 Å². The summed E-state index contributed by atoms with van der Waals surface area (Å²) in [7, 11) is 0. The van der Waals surface area contributed by atoms with Crippen molar-refractivity contribution in [3.05, 3.63) is 70.8 Å². The van der Waals surface area contributed by atoms with Gasteiger partial charge in [-0.2, -0.15) is 0 Å². The van der Waals surface area contributed by atoms with Crippen LogP contribution in [-0.2, 0) is 19.8 Å². The summed E-state index contributed by atoms with van der Waals surface area (Å²) in [4.78, 5) is 40.6. The highest BCUT2D eigenvalue weighted by atomic mass is 16.2. The molecule has 0 aromatic heterocycles. The second-order valence-electron chi connectivity index (χ2n) is 9.18. The molecule has 1 heterocycles. The van der Waals surface area contributed by atoms with Crippen molar-refractivity contribution in [3.8, 4) is 0 Å². The van der Waals surface area contributed by atoms with Gasteiger partial charge in [-0.15, -0.1) is 0 Å². The van der Waals surface area contributed by atoms with Gasteiger partial charge in [-0.3, -0.25) is 14.5 Å². The number of carbonyl (C=O) groups excluding carboxylic acids is 3. The summed E-state index contributed by atoms with van der Waals surface area (Å²) < 4.78 is 0. The van der Waals surface area contributed by atoms with Crippen molar-refractivity contribution in [2.45, 2.75) is 44.1 Å². The number of benzene rings is 2. The highest BCUT2D eigenvalue weighted by Gasteiger charge is 2.68. The van der Waals surface area contributed by atoms with Crippen LogP contribution in [0.2, 0.25) is 0 Å². The van der Waals surface area contributed by atoms with Crippen molar-refractivity contribution < 1.29 is 14.4 Å². The molecule has 4 nitrogen and oxygen atoms in total. The van der Waals surface area contributed by atoms with Gasteiger partial charge in [0, 0.05) is 23.3 Å². The zero-order chi connectivity index (χ0) is 19.8. The molecule has 0 radical (unpaired) electrons. The normalized spacial score (nSPS) is 30.1. The van der Waals surface area contributed by atoms with Crippen molar-refractivity contribution in [2.75, 3.05) is 0 Å². The van der Waals surface area contributed by atoms with Gasteiger partial charge in [0.2, 0.25) is 11.8 Å². The van der Waals surface area contributed by atoms with Crippen LogP contribution in [0, 0.1) is 11.8 Å². The van der Waals surface area contributed by atoms with Crippen molar-refractivity contribution in [1.82, 2.24) is 4.90 Å². The van der Waals surface area contributed by atoms with Crippen LogP contribution in [0.25, 0.3) is 0 Å². The maximum atomic E-state index is 13.7. The Morgan fingerprint density at radius 2 is 1.46 bits per heavy atom. The lowest BCUT2D eigenvalue weighted by Gasteiger charge is -2.53. The molecule has 142 valence electrons. The van der Waals surface area contributed by atoms with Crippen LogP contribution in [0.4, 0.5) is 0 Å². The fraction of sp³-hybridized carbons (Fsp3) is 0.375. The average molecular weight is 373 g/mol.